The van der Waals surface area contributed by atoms with Crippen molar-refractivity contribution in [2.75, 3.05) is 13.7 Å². The summed E-state index contributed by atoms with van der Waals surface area (Å²) in [6.45, 7) is 2.68. The zero-order chi connectivity index (χ0) is 27.7. The summed E-state index contributed by atoms with van der Waals surface area (Å²) in [5, 5.41) is 0.644. The van der Waals surface area contributed by atoms with Crippen LogP contribution >= 0.6 is 23.2 Å². The minimum Gasteiger partial charge on any atom is -0.497 e. The van der Waals surface area contributed by atoms with Crippen LogP contribution in [0.25, 0.3) is 5.69 Å². The Labute approximate surface area is 236 Å². The van der Waals surface area contributed by atoms with Crippen molar-refractivity contribution in [3.63, 3.8) is 0 Å². The second-order valence-corrected chi connectivity index (χ2v) is 10.4. The second-order valence-electron chi connectivity index (χ2n) is 9.56. The van der Waals surface area contributed by atoms with Gasteiger partial charge in [0.25, 0.3) is 5.91 Å². The number of carbonyl (C=O) groups excluding carboxylic acids is 2. The number of Topliss-reactive ketones (excluding diaryl/α,β-unsaturated/α-hetero) is 1. The van der Waals surface area contributed by atoms with Gasteiger partial charge in [0.15, 0.2) is 5.78 Å². The van der Waals surface area contributed by atoms with Crippen LogP contribution in [-0.2, 0) is 13.1 Å². The van der Waals surface area contributed by atoms with Crippen molar-refractivity contribution < 1.29 is 14.3 Å². The maximum Gasteiger partial charge on any atom is 0.333 e. The van der Waals surface area contributed by atoms with Gasteiger partial charge < -0.3 is 9.64 Å². The van der Waals surface area contributed by atoms with Crippen molar-refractivity contribution >= 4 is 34.9 Å². The first-order chi connectivity index (χ1) is 18.8. The number of halogens is 2. The number of imidazole rings is 1. The molecule has 0 fully saturated rings. The van der Waals surface area contributed by atoms with E-state index in [1.165, 1.54) is 10.6 Å². The van der Waals surface area contributed by atoms with E-state index in [4.69, 9.17) is 27.9 Å². The molecule has 0 saturated heterocycles. The van der Waals surface area contributed by atoms with Gasteiger partial charge in [-0.05, 0) is 53.9 Å². The van der Waals surface area contributed by atoms with Crippen LogP contribution in [0.4, 0.5) is 0 Å². The first kappa shape index (κ1) is 26.8. The molecule has 0 radical (unpaired) electrons. The van der Waals surface area contributed by atoms with E-state index in [1.807, 2.05) is 37.3 Å². The summed E-state index contributed by atoms with van der Waals surface area (Å²) >= 11 is 12.2. The number of methoxy groups -OCH3 is 1. The van der Waals surface area contributed by atoms with Crippen LogP contribution < -0.4 is 10.4 Å². The molecule has 1 amide bonds. The third-order valence-electron chi connectivity index (χ3n) is 7.09. The number of rotatable bonds is 7. The molecule has 0 N–H and O–H groups in total. The van der Waals surface area contributed by atoms with Crippen LogP contribution in [-0.4, -0.2) is 39.4 Å². The van der Waals surface area contributed by atoms with Crippen molar-refractivity contribution in [1.82, 2.24) is 14.0 Å². The molecule has 7 nitrogen and oxygen atoms in total. The third kappa shape index (κ3) is 5.24. The summed E-state index contributed by atoms with van der Waals surface area (Å²) in [6.07, 6.45) is 0.206. The highest BCUT2D eigenvalue weighted by Crippen LogP contribution is 2.28. The highest BCUT2D eigenvalue weighted by atomic mass is 35.5. The summed E-state index contributed by atoms with van der Waals surface area (Å²) in [6, 6.07) is 21.5. The van der Waals surface area contributed by atoms with Gasteiger partial charge in [0.1, 0.15) is 11.4 Å². The lowest BCUT2D eigenvalue weighted by Gasteiger charge is -2.28. The van der Waals surface area contributed by atoms with E-state index in [-0.39, 0.29) is 47.8 Å². The number of ether oxygens (including phenoxy) is 1. The van der Waals surface area contributed by atoms with Crippen LogP contribution in [0.5, 0.6) is 5.75 Å². The third-order valence-corrected chi connectivity index (χ3v) is 7.83. The standard InChI is InChI=1S/C30H27Cl2N3O4/c1-19(20-6-4-3-5-7-20)16-27(36)28-26-18-33(29(37)21-8-13-24(31)25(32)17-21)14-15-34(26)30(38)35(28)22-9-11-23(39-2)12-10-22/h3-13,17,19H,14-16,18H2,1-2H3/t19-/m0/s1. The summed E-state index contributed by atoms with van der Waals surface area (Å²) in [5.74, 6) is 0.156. The molecule has 1 aliphatic rings. The molecule has 0 bridgehead atoms. The zero-order valence-electron chi connectivity index (χ0n) is 21.6. The molecule has 0 aliphatic carbocycles. The van der Waals surface area contributed by atoms with Crippen LogP contribution in [0, 0.1) is 0 Å². The molecule has 1 atom stereocenters. The molecule has 2 heterocycles. The van der Waals surface area contributed by atoms with E-state index >= 15 is 0 Å². The van der Waals surface area contributed by atoms with Gasteiger partial charge in [-0.1, -0.05) is 60.5 Å². The molecule has 5 rings (SSSR count). The van der Waals surface area contributed by atoms with Crippen LogP contribution in [0.15, 0.2) is 77.6 Å². The lowest BCUT2D eigenvalue weighted by atomic mass is 9.94. The van der Waals surface area contributed by atoms with Gasteiger partial charge in [0, 0.05) is 25.1 Å². The van der Waals surface area contributed by atoms with Gasteiger partial charge in [0.05, 0.1) is 35.1 Å². The van der Waals surface area contributed by atoms with Crippen molar-refractivity contribution in [2.24, 2.45) is 0 Å². The Bertz CT molecular complexity index is 1590. The fraction of sp³-hybridized carbons (Fsp3) is 0.233. The van der Waals surface area contributed by atoms with Crippen LogP contribution in [0.3, 0.4) is 0 Å². The lowest BCUT2D eigenvalue weighted by Crippen LogP contribution is -2.41. The Kier molecular flexibility index (Phi) is 7.64. The normalized spacial score (nSPS) is 13.6. The minimum atomic E-state index is -0.312. The summed E-state index contributed by atoms with van der Waals surface area (Å²) < 4.78 is 8.33. The van der Waals surface area contributed by atoms with Gasteiger partial charge in [-0.25, -0.2) is 4.79 Å². The molecule has 39 heavy (non-hydrogen) atoms. The number of nitrogens with zero attached hydrogens (tertiary/aromatic N) is 3. The first-order valence-electron chi connectivity index (χ1n) is 12.6. The summed E-state index contributed by atoms with van der Waals surface area (Å²) in [4.78, 5) is 42.6. The molecular formula is C30H27Cl2N3O4. The topological polar surface area (TPSA) is 73.5 Å². The molecule has 3 aromatic carbocycles. The van der Waals surface area contributed by atoms with Crippen LogP contribution in [0.1, 0.15) is 51.4 Å². The molecule has 200 valence electrons. The smallest absolute Gasteiger partial charge is 0.333 e. The SMILES string of the molecule is COc1ccc(-n2c(C(=O)C[C@H](C)c3ccccc3)c3n(c2=O)CCN(C(=O)c2ccc(Cl)c(Cl)c2)C3)cc1. The van der Waals surface area contributed by atoms with E-state index < -0.39 is 0 Å². The Hall–Kier alpha value is -3.81. The van der Waals surface area contributed by atoms with Crippen molar-refractivity contribution in [2.45, 2.75) is 32.4 Å². The average molecular weight is 564 g/mol. The maximum absolute atomic E-state index is 13.9. The van der Waals surface area contributed by atoms with Gasteiger partial charge in [-0.15, -0.1) is 0 Å². The molecule has 0 spiro atoms. The zero-order valence-corrected chi connectivity index (χ0v) is 23.1. The molecule has 1 aliphatic heterocycles. The molecule has 1 aromatic heterocycles. The maximum atomic E-state index is 13.9. The van der Waals surface area contributed by atoms with Crippen molar-refractivity contribution in [1.29, 1.82) is 0 Å². The first-order valence-corrected chi connectivity index (χ1v) is 13.4. The minimum absolute atomic E-state index is 0.0637. The monoisotopic (exact) mass is 563 g/mol. The van der Waals surface area contributed by atoms with Gasteiger partial charge >= 0.3 is 5.69 Å². The number of hydrogen-bond acceptors (Lipinski definition) is 4. The number of hydrogen-bond donors (Lipinski definition) is 0. The predicted octanol–water partition coefficient (Wildman–Crippen LogP) is 5.99. The highest BCUT2D eigenvalue weighted by molar-refractivity contribution is 6.42. The number of benzene rings is 3. The number of carbonyl (C=O) groups is 2. The van der Waals surface area contributed by atoms with E-state index in [2.05, 4.69) is 0 Å². The molecule has 9 heteroatoms. The largest absolute Gasteiger partial charge is 0.497 e. The van der Waals surface area contributed by atoms with Crippen molar-refractivity contribution in [3.8, 4) is 11.4 Å². The second kappa shape index (κ2) is 11.1. The fourth-order valence-electron chi connectivity index (χ4n) is 4.98. The molecule has 0 unspecified atom stereocenters. The highest BCUT2D eigenvalue weighted by Gasteiger charge is 2.32. The lowest BCUT2D eigenvalue weighted by molar-refractivity contribution is 0.0706. The predicted molar refractivity (Wildman–Crippen MR) is 152 cm³/mol. The van der Waals surface area contributed by atoms with Gasteiger partial charge in [-0.2, -0.15) is 0 Å². The Morgan fingerprint density at radius 1 is 0.949 bits per heavy atom. The number of fused-ring (bicyclic) bond motifs is 1. The average Bonchev–Trinajstić information content (AvgIpc) is 3.26. The quantitative estimate of drug-likeness (QED) is 0.259. The Balaban J connectivity index is 1.56. The molecule has 4 aromatic rings. The molecular weight excluding hydrogens is 537 g/mol. The Morgan fingerprint density at radius 2 is 1.67 bits per heavy atom. The summed E-state index contributed by atoms with van der Waals surface area (Å²) in [7, 11) is 1.57. The van der Waals surface area contributed by atoms with Crippen molar-refractivity contribution in [3.05, 3.63) is 116 Å². The Morgan fingerprint density at radius 3 is 2.33 bits per heavy atom. The van der Waals surface area contributed by atoms with Gasteiger partial charge in [-0.3, -0.25) is 18.7 Å². The van der Waals surface area contributed by atoms with E-state index in [0.29, 0.717) is 40.0 Å². The number of ketones is 1. The van der Waals surface area contributed by atoms with E-state index in [0.717, 1.165) is 5.56 Å². The van der Waals surface area contributed by atoms with E-state index in [1.54, 1.807) is 53.0 Å². The van der Waals surface area contributed by atoms with E-state index in [9.17, 15) is 14.4 Å². The number of amides is 1. The molecule has 0 saturated carbocycles. The van der Waals surface area contributed by atoms with Gasteiger partial charge in [0.2, 0.25) is 0 Å². The number of aromatic nitrogens is 2. The summed E-state index contributed by atoms with van der Waals surface area (Å²) in [5.41, 5.74) is 2.47. The van der Waals surface area contributed by atoms with Crippen LogP contribution in [0.2, 0.25) is 10.0 Å². The fourth-order valence-corrected chi connectivity index (χ4v) is 5.27.